The van der Waals surface area contributed by atoms with Crippen molar-refractivity contribution in [2.24, 2.45) is 0 Å². The van der Waals surface area contributed by atoms with Gasteiger partial charge in [0.1, 0.15) is 0 Å². The van der Waals surface area contributed by atoms with Gasteiger partial charge >= 0.3 is 5.97 Å². The van der Waals surface area contributed by atoms with Gasteiger partial charge in [-0.15, -0.1) is 0 Å². The van der Waals surface area contributed by atoms with Crippen molar-refractivity contribution in [3.05, 3.63) is 24.3 Å². The Labute approximate surface area is 86.6 Å². The molecule has 2 heteroatoms. The zero-order valence-corrected chi connectivity index (χ0v) is 9.16. The molecular formula is C12H20O2. The summed E-state index contributed by atoms with van der Waals surface area (Å²) in [6, 6.07) is 0. The highest BCUT2D eigenvalue weighted by Gasteiger charge is 1.97. The molecule has 0 radical (unpaired) electrons. The van der Waals surface area contributed by atoms with Crippen molar-refractivity contribution in [1.29, 1.82) is 0 Å². The van der Waals surface area contributed by atoms with E-state index in [1.807, 2.05) is 13.0 Å². The van der Waals surface area contributed by atoms with Crippen LogP contribution >= 0.6 is 0 Å². The molecule has 0 aromatic rings. The van der Waals surface area contributed by atoms with Crippen molar-refractivity contribution < 1.29 is 9.53 Å². The molecule has 0 N–H and O–H groups in total. The predicted molar refractivity (Wildman–Crippen MR) is 59.1 cm³/mol. The number of allylic oxidation sites excluding steroid dienone is 4. The molecule has 0 amide bonds. The van der Waals surface area contributed by atoms with Gasteiger partial charge in [0.15, 0.2) is 0 Å². The predicted octanol–water partition coefficient (Wildman–Crippen LogP) is 3.24. The van der Waals surface area contributed by atoms with Crippen LogP contribution in [0.5, 0.6) is 0 Å². The minimum Gasteiger partial charge on any atom is -0.466 e. The van der Waals surface area contributed by atoms with Crippen molar-refractivity contribution in [3.8, 4) is 0 Å². The molecule has 0 aliphatic heterocycles. The van der Waals surface area contributed by atoms with Crippen molar-refractivity contribution in [2.75, 3.05) is 6.61 Å². The summed E-state index contributed by atoms with van der Waals surface area (Å²) in [6.07, 6.45) is 11.7. The number of esters is 1. The number of hydrogen-bond donors (Lipinski definition) is 0. The molecule has 0 aromatic heterocycles. The highest BCUT2D eigenvalue weighted by Crippen LogP contribution is 1.96. The van der Waals surface area contributed by atoms with E-state index in [1.54, 1.807) is 0 Å². The van der Waals surface area contributed by atoms with Crippen molar-refractivity contribution in [3.63, 3.8) is 0 Å². The van der Waals surface area contributed by atoms with Crippen LogP contribution in [-0.4, -0.2) is 12.6 Å². The van der Waals surface area contributed by atoms with Gasteiger partial charge in [0.2, 0.25) is 0 Å². The van der Waals surface area contributed by atoms with Gasteiger partial charge < -0.3 is 4.74 Å². The van der Waals surface area contributed by atoms with E-state index < -0.39 is 0 Å². The Morgan fingerprint density at radius 2 is 1.86 bits per heavy atom. The maximum absolute atomic E-state index is 10.9. The largest absolute Gasteiger partial charge is 0.466 e. The Kier molecular flexibility index (Phi) is 9.28. The summed E-state index contributed by atoms with van der Waals surface area (Å²) in [4.78, 5) is 10.9. The fourth-order valence-corrected chi connectivity index (χ4v) is 0.990. The topological polar surface area (TPSA) is 26.3 Å². The van der Waals surface area contributed by atoms with Gasteiger partial charge in [-0.05, 0) is 26.2 Å². The number of carbonyl (C=O) groups is 1. The van der Waals surface area contributed by atoms with Gasteiger partial charge in [-0.1, -0.05) is 31.2 Å². The highest BCUT2D eigenvalue weighted by molar-refractivity contribution is 5.69. The number of hydrogen-bond acceptors (Lipinski definition) is 2. The van der Waals surface area contributed by atoms with E-state index in [1.165, 1.54) is 0 Å². The molecular weight excluding hydrogens is 176 g/mol. The summed E-state index contributed by atoms with van der Waals surface area (Å²) in [5.41, 5.74) is 0. The van der Waals surface area contributed by atoms with E-state index in [4.69, 9.17) is 4.74 Å². The van der Waals surface area contributed by atoms with Crippen LogP contribution in [0, 0.1) is 0 Å². The molecule has 0 rings (SSSR count). The molecule has 0 saturated carbocycles. The summed E-state index contributed by atoms with van der Waals surface area (Å²) in [5.74, 6) is -0.110. The highest BCUT2D eigenvalue weighted by atomic mass is 16.5. The Hall–Kier alpha value is -1.05. The smallest absolute Gasteiger partial charge is 0.306 e. The van der Waals surface area contributed by atoms with E-state index in [2.05, 4.69) is 25.2 Å². The molecule has 0 aliphatic rings. The van der Waals surface area contributed by atoms with Gasteiger partial charge in [-0.25, -0.2) is 0 Å². The van der Waals surface area contributed by atoms with Crippen LogP contribution in [0.3, 0.4) is 0 Å². The zero-order valence-electron chi connectivity index (χ0n) is 9.16. The van der Waals surface area contributed by atoms with Gasteiger partial charge in [0, 0.05) is 6.42 Å². The maximum atomic E-state index is 10.9. The van der Waals surface area contributed by atoms with Gasteiger partial charge in [-0.3, -0.25) is 4.79 Å². The quantitative estimate of drug-likeness (QED) is 0.461. The Morgan fingerprint density at radius 3 is 2.50 bits per heavy atom. The molecule has 14 heavy (non-hydrogen) atoms. The Balaban J connectivity index is 3.34. The lowest BCUT2D eigenvalue weighted by Crippen LogP contribution is -2.02. The summed E-state index contributed by atoms with van der Waals surface area (Å²) in [7, 11) is 0. The summed E-state index contributed by atoms with van der Waals surface area (Å²) < 4.78 is 4.80. The molecule has 0 fully saturated rings. The fourth-order valence-electron chi connectivity index (χ4n) is 0.990. The average molecular weight is 196 g/mol. The lowest BCUT2D eigenvalue weighted by atomic mass is 10.2. The lowest BCUT2D eigenvalue weighted by Gasteiger charge is -1.97. The molecule has 2 nitrogen and oxygen atoms in total. The van der Waals surface area contributed by atoms with Crippen LogP contribution in [0.2, 0.25) is 0 Å². The van der Waals surface area contributed by atoms with Crippen molar-refractivity contribution >= 4 is 5.97 Å². The van der Waals surface area contributed by atoms with Gasteiger partial charge in [0.05, 0.1) is 6.61 Å². The third-order valence-electron chi connectivity index (χ3n) is 1.66. The molecule has 0 bridgehead atoms. The zero-order chi connectivity index (χ0) is 10.6. The summed E-state index contributed by atoms with van der Waals surface area (Å²) >= 11 is 0. The monoisotopic (exact) mass is 196 g/mol. The number of carbonyl (C=O) groups excluding carboxylic acids is 1. The van der Waals surface area contributed by atoms with E-state index in [0.717, 1.165) is 19.3 Å². The molecule has 0 aromatic carbocycles. The van der Waals surface area contributed by atoms with Crippen LogP contribution in [0.25, 0.3) is 0 Å². The van der Waals surface area contributed by atoms with Crippen LogP contribution in [0.1, 0.15) is 39.5 Å². The first-order valence-electron chi connectivity index (χ1n) is 5.26. The third-order valence-corrected chi connectivity index (χ3v) is 1.66. The Bertz CT molecular complexity index is 192. The molecule has 80 valence electrons. The first kappa shape index (κ1) is 12.9. The number of rotatable bonds is 7. The van der Waals surface area contributed by atoms with E-state index >= 15 is 0 Å². The van der Waals surface area contributed by atoms with E-state index in [-0.39, 0.29) is 5.97 Å². The summed E-state index contributed by atoms with van der Waals surface area (Å²) in [6.45, 7) is 4.41. The van der Waals surface area contributed by atoms with Crippen LogP contribution < -0.4 is 0 Å². The molecule has 0 heterocycles. The molecule has 0 atom stereocenters. The normalized spacial score (nSPS) is 11.3. The van der Waals surface area contributed by atoms with Crippen molar-refractivity contribution in [1.82, 2.24) is 0 Å². The minimum absolute atomic E-state index is 0.110. The van der Waals surface area contributed by atoms with E-state index in [9.17, 15) is 4.79 Å². The molecule has 0 saturated heterocycles. The fraction of sp³-hybridized carbons (Fsp3) is 0.583. The molecule has 0 aliphatic carbocycles. The number of ether oxygens (including phenoxy) is 1. The minimum atomic E-state index is -0.110. The molecule has 0 unspecified atom stereocenters. The first-order chi connectivity index (χ1) is 6.81. The van der Waals surface area contributed by atoms with E-state index in [0.29, 0.717) is 13.0 Å². The Morgan fingerprint density at radius 1 is 1.14 bits per heavy atom. The molecule has 0 spiro atoms. The van der Waals surface area contributed by atoms with Crippen LogP contribution in [0.15, 0.2) is 24.3 Å². The van der Waals surface area contributed by atoms with Gasteiger partial charge in [0.25, 0.3) is 0 Å². The maximum Gasteiger partial charge on any atom is 0.306 e. The summed E-state index contributed by atoms with van der Waals surface area (Å²) in [5, 5.41) is 0. The first-order valence-corrected chi connectivity index (χ1v) is 5.26. The van der Waals surface area contributed by atoms with Crippen LogP contribution in [-0.2, 0) is 9.53 Å². The van der Waals surface area contributed by atoms with Crippen LogP contribution in [0.4, 0.5) is 0 Å². The second-order valence-electron chi connectivity index (χ2n) is 2.93. The van der Waals surface area contributed by atoms with Crippen molar-refractivity contribution in [2.45, 2.75) is 39.5 Å². The second-order valence-corrected chi connectivity index (χ2v) is 2.93. The lowest BCUT2D eigenvalue weighted by molar-refractivity contribution is -0.142. The standard InChI is InChI=1S/C12H20O2/c1-3-5-6-7-8-9-10-11-12(13)14-4-2/h5-6,8-9H,3-4,7,10-11H2,1-2H3/b6-5+,9-8+. The second kappa shape index (κ2) is 10.0. The third kappa shape index (κ3) is 9.04. The average Bonchev–Trinajstić information content (AvgIpc) is 2.17. The SMILES string of the molecule is CC/C=C/C/C=C/CCC(=O)OCC. The van der Waals surface area contributed by atoms with Gasteiger partial charge in [-0.2, -0.15) is 0 Å².